The van der Waals surface area contributed by atoms with Gasteiger partial charge in [-0.05, 0) is 26.0 Å². The van der Waals surface area contributed by atoms with E-state index in [2.05, 4.69) is 26.8 Å². The molecule has 0 fully saturated rings. The maximum atomic E-state index is 13.3. The molecular weight excluding hydrogens is 356 g/mol. The molecule has 0 saturated heterocycles. The molecule has 0 radical (unpaired) electrons. The Morgan fingerprint density at radius 1 is 1.29 bits per heavy atom. The highest BCUT2D eigenvalue weighted by Crippen LogP contribution is 2.30. The van der Waals surface area contributed by atoms with E-state index in [1.807, 2.05) is 49.3 Å². The van der Waals surface area contributed by atoms with Crippen LogP contribution in [0.1, 0.15) is 34.9 Å². The minimum Gasteiger partial charge on any atom is -0.461 e. The first-order valence-electron chi connectivity index (χ1n) is 9.22. The molecule has 0 bridgehead atoms. The Hall–Kier alpha value is -3.42. The molecule has 1 amide bonds. The third-order valence-corrected chi connectivity index (χ3v) is 5.17. The number of benzene rings is 1. The van der Waals surface area contributed by atoms with E-state index < -0.39 is 0 Å². The maximum absolute atomic E-state index is 13.3. The second kappa shape index (κ2) is 6.05. The highest BCUT2D eigenvalue weighted by Gasteiger charge is 2.31. The summed E-state index contributed by atoms with van der Waals surface area (Å²) in [5.74, 6) is 2.30. The van der Waals surface area contributed by atoms with E-state index in [1.54, 1.807) is 10.9 Å². The van der Waals surface area contributed by atoms with Gasteiger partial charge >= 0.3 is 0 Å². The molecule has 1 aliphatic rings. The number of nitrogens with zero attached hydrogens (tertiary/aromatic N) is 6. The number of hydrogen-bond donors (Lipinski definition) is 0. The van der Waals surface area contributed by atoms with Crippen LogP contribution in [0.15, 0.2) is 41.1 Å². The van der Waals surface area contributed by atoms with Gasteiger partial charge in [0.2, 0.25) is 0 Å². The molecule has 0 spiro atoms. The minimum absolute atomic E-state index is 0.0513. The van der Waals surface area contributed by atoms with Gasteiger partial charge in [-0.2, -0.15) is 5.10 Å². The average molecular weight is 376 g/mol. The Morgan fingerprint density at radius 2 is 2.14 bits per heavy atom. The van der Waals surface area contributed by atoms with Crippen molar-refractivity contribution in [3.63, 3.8) is 0 Å². The molecule has 4 aromatic rings. The Bertz CT molecular complexity index is 1200. The summed E-state index contributed by atoms with van der Waals surface area (Å²) in [4.78, 5) is 15.1. The van der Waals surface area contributed by atoms with Crippen molar-refractivity contribution < 1.29 is 9.21 Å². The van der Waals surface area contributed by atoms with Crippen LogP contribution in [0.2, 0.25) is 0 Å². The van der Waals surface area contributed by atoms with Gasteiger partial charge in [0.25, 0.3) is 5.91 Å². The third-order valence-electron chi connectivity index (χ3n) is 5.17. The van der Waals surface area contributed by atoms with Gasteiger partial charge in [-0.15, -0.1) is 10.2 Å². The van der Waals surface area contributed by atoms with Crippen molar-refractivity contribution in [1.29, 1.82) is 0 Å². The SMILES string of the molecule is Cc1cc2cccc(C(=O)N3Cc4nnc(-c5cnn(C)c5)n4[C@@H](C)C3)c2o1. The second-order valence-corrected chi connectivity index (χ2v) is 7.33. The molecule has 1 aliphatic heterocycles. The van der Waals surface area contributed by atoms with Gasteiger partial charge in [0, 0.05) is 25.2 Å². The fourth-order valence-corrected chi connectivity index (χ4v) is 3.95. The summed E-state index contributed by atoms with van der Waals surface area (Å²) < 4.78 is 9.62. The monoisotopic (exact) mass is 376 g/mol. The Morgan fingerprint density at radius 3 is 2.93 bits per heavy atom. The van der Waals surface area contributed by atoms with Gasteiger partial charge in [-0.3, -0.25) is 9.48 Å². The van der Waals surface area contributed by atoms with Crippen molar-refractivity contribution in [2.45, 2.75) is 26.4 Å². The van der Waals surface area contributed by atoms with Crippen molar-refractivity contribution in [3.8, 4) is 11.4 Å². The summed E-state index contributed by atoms with van der Waals surface area (Å²) in [6.45, 7) is 4.95. The Balaban J connectivity index is 1.49. The van der Waals surface area contributed by atoms with Crippen LogP contribution in [0.5, 0.6) is 0 Å². The molecular formula is C20H20N6O2. The lowest BCUT2D eigenvalue weighted by Crippen LogP contribution is -2.40. The Labute approximate surface area is 161 Å². The van der Waals surface area contributed by atoms with Crippen LogP contribution in [0, 0.1) is 6.92 Å². The van der Waals surface area contributed by atoms with Crippen LogP contribution in [-0.4, -0.2) is 41.9 Å². The third kappa shape index (κ3) is 2.52. The summed E-state index contributed by atoms with van der Waals surface area (Å²) in [7, 11) is 1.87. The van der Waals surface area contributed by atoms with E-state index in [4.69, 9.17) is 4.42 Å². The van der Waals surface area contributed by atoms with Gasteiger partial charge in [0.15, 0.2) is 11.6 Å². The summed E-state index contributed by atoms with van der Waals surface area (Å²) in [5.41, 5.74) is 2.14. The number of carbonyl (C=O) groups excluding carboxylic acids is 1. The summed E-state index contributed by atoms with van der Waals surface area (Å²) >= 11 is 0. The van der Waals surface area contributed by atoms with Crippen molar-refractivity contribution in [2.24, 2.45) is 7.05 Å². The molecule has 4 heterocycles. The highest BCUT2D eigenvalue weighted by molar-refractivity contribution is 6.05. The van der Waals surface area contributed by atoms with E-state index in [0.29, 0.717) is 24.2 Å². The molecule has 1 aromatic carbocycles. The molecule has 0 saturated carbocycles. The second-order valence-electron chi connectivity index (χ2n) is 7.33. The molecule has 0 N–H and O–H groups in total. The van der Waals surface area contributed by atoms with Crippen LogP contribution < -0.4 is 0 Å². The van der Waals surface area contributed by atoms with E-state index in [-0.39, 0.29) is 11.9 Å². The summed E-state index contributed by atoms with van der Waals surface area (Å²) in [6.07, 6.45) is 3.70. The zero-order valence-electron chi connectivity index (χ0n) is 16.0. The minimum atomic E-state index is -0.0519. The molecule has 5 rings (SSSR count). The number of aryl methyl sites for hydroxylation is 2. The zero-order chi connectivity index (χ0) is 19.4. The molecule has 8 heteroatoms. The number of furan rings is 1. The van der Waals surface area contributed by atoms with Crippen molar-refractivity contribution in [2.75, 3.05) is 6.54 Å². The number of para-hydroxylation sites is 1. The average Bonchev–Trinajstić information content (AvgIpc) is 3.37. The van der Waals surface area contributed by atoms with E-state index in [9.17, 15) is 4.79 Å². The van der Waals surface area contributed by atoms with Gasteiger partial charge in [-0.25, -0.2) is 0 Å². The molecule has 8 nitrogen and oxygen atoms in total. The molecule has 28 heavy (non-hydrogen) atoms. The molecule has 3 aromatic heterocycles. The first kappa shape index (κ1) is 16.7. The Kier molecular flexibility index (Phi) is 3.61. The lowest BCUT2D eigenvalue weighted by molar-refractivity contribution is 0.0683. The number of hydrogen-bond acceptors (Lipinski definition) is 5. The van der Waals surface area contributed by atoms with E-state index in [0.717, 1.165) is 28.4 Å². The molecule has 0 unspecified atom stereocenters. The predicted octanol–water partition coefficient (Wildman–Crippen LogP) is 2.95. The van der Waals surface area contributed by atoms with Gasteiger partial charge in [0.05, 0.1) is 29.9 Å². The van der Waals surface area contributed by atoms with Crippen molar-refractivity contribution in [3.05, 3.63) is 53.8 Å². The number of fused-ring (bicyclic) bond motifs is 2. The van der Waals surface area contributed by atoms with Crippen molar-refractivity contribution >= 4 is 16.9 Å². The molecule has 142 valence electrons. The maximum Gasteiger partial charge on any atom is 0.258 e. The smallest absolute Gasteiger partial charge is 0.258 e. The first-order valence-corrected chi connectivity index (χ1v) is 9.22. The standard InChI is InChI=1S/C20H20N6O2/c1-12-9-25(20(27)16-6-4-5-14-7-13(2)28-18(14)16)11-17-22-23-19(26(12)17)15-8-21-24(3)10-15/h4-8,10,12H,9,11H2,1-3H3/t12-/m0/s1. The first-order chi connectivity index (χ1) is 13.5. The van der Waals surface area contributed by atoms with Gasteiger partial charge < -0.3 is 13.9 Å². The summed E-state index contributed by atoms with van der Waals surface area (Å²) in [5, 5.41) is 13.9. The number of carbonyl (C=O) groups is 1. The van der Waals surface area contributed by atoms with E-state index in [1.165, 1.54) is 0 Å². The summed E-state index contributed by atoms with van der Waals surface area (Å²) in [6, 6.07) is 7.66. The predicted molar refractivity (Wildman–Crippen MR) is 103 cm³/mol. The van der Waals surface area contributed by atoms with Crippen LogP contribution in [0.4, 0.5) is 0 Å². The zero-order valence-corrected chi connectivity index (χ0v) is 16.0. The lowest BCUT2D eigenvalue weighted by Gasteiger charge is -2.32. The van der Waals surface area contributed by atoms with Gasteiger partial charge in [-0.1, -0.05) is 12.1 Å². The number of aromatic nitrogens is 5. The van der Waals surface area contributed by atoms with Crippen LogP contribution in [-0.2, 0) is 13.6 Å². The largest absolute Gasteiger partial charge is 0.461 e. The highest BCUT2D eigenvalue weighted by atomic mass is 16.3. The van der Waals surface area contributed by atoms with E-state index >= 15 is 0 Å². The van der Waals surface area contributed by atoms with Crippen LogP contribution in [0.3, 0.4) is 0 Å². The lowest BCUT2D eigenvalue weighted by atomic mass is 10.1. The van der Waals surface area contributed by atoms with Crippen LogP contribution >= 0.6 is 0 Å². The molecule has 1 atom stereocenters. The topological polar surface area (TPSA) is 82.0 Å². The van der Waals surface area contributed by atoms with Gasteiger partial charge in [0.1, 0.15) is 11.3 Å². The fraction of sp³-hybridized carbons (Fsp3) is 0.300. The quantitative estimate of drug-likeness (QED) is 0.537. The van der Waals surface area contributed by atoms with Crippen LogP contribution in [0.25, 0.3) is 22.4 Å². The molecule has 0 aliphatic carbocycles. The van der Waals surface area contributed by atoms with Crippen molar-refractivity contribution in [1.82, 2.24) is 29.4 Å². The fourth-order valence-electron chi connectivity index (χ4n) is 3.95. The number of rotatable bonds is 2. The normalized spacial score (nSPS) is 16.5. The number of amides is 1.